The molecule has 0 aliphatic carbocycles. The number of hydrogen-bond donors (Lipinski definition) is 1. The minimum absolute atomic E-state index is 0.303. The summed E-state index contributed by atoms with van der Waals surface area (Å²) in [6.07, 6.45) is 3.59. The van der Waals surface area contributed by atoms with Crippen molar-refractivity contribution in [2.24, 2.45) is 18.7 Å². The van der Waals surface area contributed by atoms with Crippen LogP contribution in [0.1, 0.15) is 25.6 Å². The van der Waals surface area contributed by atoms with Gasteiger partial charge in [0.05, 0.1) is 11.7 Å². The number of hydrogen-bond acceptors (Lipinski definition) is 3. The Morgan fingerprint density at radius 2 is 2.19 bits per heavy atom. The highest BCUT2D eigenvalue weighted by Gasteiger charge is 2.20. The van der Waals surface area contributed by atoms with Gasteiger partial charge in [-0.1, -0.05) is 13.8 Å². The third-order valence-corrected chi connectivity index (χ3v) is 3.11. The van der Waals surface area contributed by atoms with Crippen LogP contribution in [0.2, 0.25) is 0 Å². The first-order valence-corrected chi connectivity index (χ1v) is 5.61. The van der Waals surface area contributed by atoms with Gasteiger partial charge >= 0.3 is 0 Å². The van der Waals surface area contributed by atoms with Crippen LogP contribution < -0.4 is 5.73 Å². The molecule has 0 aliphatic heterocycles. The van der Waals surface area contributed by atoms with E-state index >= 15 is 0 Å². The van der Waals surface area contributed by atoms with Crippen LogP contribution >= 0.6 is 0 Å². The Morgan fingerprint density at radius 3 is 2.75 bits per heavy atom. The van der Waals surface area contributed by atoms with Gasteiger partial charge < -0.3 is 10.3 Å². The Morgan fingerprint density at radius 1 is 1.44 bits per heavy atom. The smallest absolute Gasteiger partial charge is 0.114 e. The zero-order valence-corrected chi connectivity index (χ0v) is 10.0. The summed E-state index contributed by atoms with van der Waals surface area (Å²) in [4.78, 5) is 8.72. The molecule has 0 amide bonds. The van der Waals surface area contributed by atoms with E-state index in [1.807, 2.05) is 13.1 Å². The Bertz CT molecular complexity index is 487. The summed E-state index contributed by atoms with van der Waals surface area (Å²) in [7, 11) is 2.04. The molecule has 2 N–H and O–H groups in total. The SMILES string of the molecule is CC(C)C(CN)c1nc2cnccc2n1C. The van der Waals surface area contributed by atoms with Gasteiger partial charge in [-0.25, -0.2) is 4.98 Å². The van der Waals surface area contributed by atoms with Gasteiger partial charge in [0.25, 0.3) is 0 Å². The first kappa shape index (κ1) is 11.1. The van der Waals surface area contributed by atoms with Gasteiger partial charge in [-0.2, -0.15) is 0 Å². The van der Waals surface area contributed by atoms with E-state index in [1.54, 1.807) is 12.4 Å². The van der Waals surface area contributed by atoms with Crippen LogP contribution in [-0.4, -0.2) is 21.1 Å². The second kappa shape index (κ2) is 4.22. The molecule has 2 aromatic heterocycles. The zero-order valence-electron chi connectivity index (χ0n) is 10.0. The highest BCUT2D eigenvalue weighted by atomic mass is 15.1. The van der Waals surface area contributed by atoms with Crippen molar-refractivity contribution in [2.75, 3.05) is 6.54 Å². The van der Waals surface area contributed by atoms with Gasteiger partial charge in [0.2, 0.25) is 0 Å². The summed E-state index contributed by atoms with van der Waals surface area (Å²) >= 11 is 0. The van der Waals surface area contributed by atoms with Crippen LogP contribution in [0.25, 0.3) is 11.0 Å². The van der Waals surface area contributed by atoms with Crippen LogP contribution in [0.15, 0.2) is 18.5 Å². The van der Waals surface area contributed by atoms with Gasteiger partial charge in [-0.15, -0.1) is 0 Å². The van der Waals surface area contributed by atoms with Crippen molar-refractivity contribution in [3.8, 4) is 0 Å². The van der Waals surface area contributed by atoms with Gasteiger partial charge in [-0.3, -0.25) is 4.98 Å². The summed E-state index contributed by atoms with van der Waals surface area (Å²) in [5, 5.41) is 0. The van der Waals surface area contributed by atoms with Crippen molar-refractivity contribution in [3.63, 3.8) is 0 Å². The minimum Gasteiger partial charge on any atom is -0.331 e. The number of imidazole rings is 1. The maximum Gasteiger partial charge on any atom is 0.114 e. The molecule has 2 rings (SSSR count). The lowest BCUT2D eigenvalue weighted by atomic mass is 9.95. The summed E-state index contributed by atoms with van der Waals surface area (Å²) in [5.41, 5.74) is 7.89. The second-order valence-corrected chi connectivity index (χ2v) is 4.48. The van der Waals surface area contributed by atoms with Crippen LogP contribution in [0.4, 0.5) is 0 Å². The molecule has 0 radical (unpaired) electrons. The number of rotatable bonds is 3. The quantitative estimate of drug-likeness (QED) is 0.852. The van der Waals surface area contributed by atoms with Crippen molar-refractivity contribution in [1.82, 2.24) is 14.5 Å². The number of nitrogens with zero attached hydrogens (tertiary/aromatic N) is 3. The minimum atomic E-state index is 0.303. The monoisotopic (exact) mass is 218 g/mol. The van der Waals surface area contributed by atoms with E-state index in [1.165, 1.54) is 0 Å². The number of fused-ring (bicyclic) bond motifs is 1. The average Bonchev–Trinajstić information content (AvgIpc) is 2.58. The molecule has 1 unspecified atom stereocenters. The summed E-state index contributed by atoms with van der Waals surface area (Å²) < 4.78 is 2.12. The summed E-state index contributed by atoms with van der Waals surface area (Å²) in [5.74, 6) is 1.85. The number of nitrogens with two attached hydrogens (primary N) is 1. The van der Waals surface area contributed by atoms with Crippen LogP contribution in [0.3, 0.4) is 0 Å². The van der Waals surface area contributed by atoms with Crippen molar-refractivity contribution in [2.45, 2.75) is 19.8 Å². The van der Waals surface area contributed by atoms with Crippen LogP contribution in [0, 0.1) is 5.92 Å². The molecule has 0 fully saturated rings. The molecule has 0 saturated heterocycles. The summed E-state index contributed by atoms with van der Waals surface area (Å²) in [6, 6.07) is 1.99. The van der Waals surface area contributed by atoms with E-state index in [4.69, 9.17) is 5.73 Å². The van der Waals surface area contributed by atoms with Crippen molar-refractivity contribution in [1.29, 1.82) is 0 Å². The molecule has 86 valence electrons. The lowest BCUT2D eigenvalue weighted by molar-refractivity contribution is 0.474. The zero-order chi connectivity index (χ0) is 11.7. The molecule has 4 nitrogen and oxygen atoms in total. The third kappa shape index (κ3) is 1.69. The average molecular weight is 218 g/mol. The maximum atomic E-state index is 5.83. The molecule has 0 aliphatic rings. The predicted octanol–water partition coefficient (Wildman–Crippen LogP) is 1.67. The molecule has 0 saturated carbocycles. The van der Waals surface area contributed by atoms with E-state index in [0.717, 1.165) is 16.9 Å². The van der Waals surface area contributed by atoms with Crippen molar-refractivity contribution in [3.05, 3.63) is 24.3 Å². The molecule has 0 bridgehead atoms. The lowest BCUT2D eigenvalue weighted by Gasteiger charge is -2.18. The van der Waals surface area contributed by atoms with E-state index in [0.29, 0.717) is 18.4 Å². The third-order valence-electron chi connectivity index (χ3n) is 3.11. The van der Waals surface area contributed by atoms with Crippen molar-refractivity contribution < 1.29 is 0 Å². The fourth-order valence-electron chi connectivity index (χ4n) is 2.08. The topological polar surface area (TPSA) is 56.7 Å². The second-order valence-electron chi connectivity index (χ2n) is 4.48. The molecule has 1 atom stereocenters. The first-order valence-electron chi connectivity index (χ1n) is 5.61. The van der Waals surface area contributed by atoms with Crippen LogP contribution in [0.5, 0.6) is 0 Å². The maximum absolute atomic E-state index is 5.83. The number of aromatic nitrogens is 3. The largest absolute Gasteiger partial charge is 0.331 e. The predicted molar refractivity (Wildman–Crippen MR) is 65.1 cm³/mol. The molecule has 2 aromatic rings. The molecular weight excluding hydrogens is 200 g/mol. The van der Waals surface area contributed by atoms with Gasteiger partial charge in [0.1, 0.15) is 11.3 Å². The van der Waals surface area contributed by atoms with Crippen molar-refractivity contribution >= 4 is 11.0 Å². The van der Waals surface area contributed by atoms with Crippen LogP contribution in [-0.2, 0) is 7.05 Å². The summed E-state index contributed by atoms with van der Waals surface area (Å²) in [6.45, 7) is 4.98. The number of pyridine rings is 1. The standard InChI is InChI=1S/C12H18N4/c1-8(2)9(6-13)12-15-10-7-14-5-4-11(10)16(12)3/h4-5,7-9H,6,13H2,1-3H3. The normalized spacial score (nSPS) is 13.6. The van der Waals surface area contributed by atoms with E-state index in [9.17, 15) is 0 Å². The molecule has 0 aromatic carbocycles. The Hall–Kier alpha value is -1.42. The number of aryl methyl sites for hydroxylation is 1. The lowest BCUT2D eigenvalue weighted by Crippen LogP contribution is -2.21. The Labute approximate surface area is 95.5 Å². The highest BCUT2D eigenvalue weighted by molar-refractivity contribution is 5.74. The van der Waals surface area contributed by atoms with E-state index in [2.05, 4.69) is 28.4 Å². The first-order chi connectivity index (χ1) is 7.65. The Kier molecular flexibility index (Phi) is 2.92. The molecular formula is C12H18N4. The van der Waals surface area contributed by atoms with Gasteiger partial charge in [0, 0.05) is 25.7 Å². The molecule has 4 heteroatoms. The molecule has 16 heavy (non-hydrogen) atoms. The fraction of sp³-hybridized carbons (Fsp3) is 0.500. The van der Waals surface area contributed by atoms with E-state index < -0.39 is 0 Å². The fourth-order valence-corrected chi connectivity index (χ4v) is 2.08. The van der Waals surface area contributed by atoms with E-state index in [-0.39, 0.29) is 0 Å². The van der Waals surface area contributed by atoms with Gasteiger partial charge in [0.15, 0.2) is 0 Å². The Balaban J connectivity index is 2.56. The van der Waals surface area contributed by atoms with Gasteiger partial charge in [-0.05, 0) is 12.0 Å². The molecule has 0 spiro atoms. The highest BCUT2D eigenvalue weighted by Crippen LogP contribution is 2.25. The molecule has 2 heterocycles.